The highest BCUT2D eigenvalue weighted by atomic mass is 32.1. The second-order valence-electron chi connectivity index (χ2n) is 8.77. The molecule has 1 aliphatic heterocycles. The van der Waals surface area contributed by atoms with Gasteiger partial charge in [0.2, 0.25) is 5.91 Å². The molecule has 5 rings (SSSR count). The van der Waals surface area contributed by atoms with Crippen molar-refractivity contribution in [1.82, 2.24) is 15.2 Å². The van der Waals surface area contributed by atoms with Crippen LogP contribution >= 0.6 is 11.3 Å². The highest BCUT2D eigenvalue weighted by molar-refractivity contribution is 7.11. The first-order valence-electron chi connectivity index (χ1n) is 11.5. The zero-order valence-corrected chi connectivity index (χ0v) is 20.0. The lowest BCUT2D eigenvalue weighted by Gasteiger charge is -2.31. The van der Waals surface area contributed by atoms with Gasteiger partial charge in [0.05, 0.1) is 29.0 Å². The number of fused-ring (bicyclic) bond motifs is 2. The van der Waals surface area contributed by atoms with Crippen LogP contribution < -0.4 is 10.6 Å². The highest BCUT2D eigenvalue weighted by Crippen LogP contribution is 2.32. The normalized spacial score (nSPS) is 15.9. The van der Waals surface area contributed by atoms with Crippen molar-refractivity contribution < 1.29 is 19.2 Å². The molecule has 1 saturated heterocycles. The number of carbonyl (C=O) groups is 4. The van der Waals surface area contributed by atoms with Crippen LogP contribution in [-0.4, -0.2) is 58.9 Å². The largest absolute Gasteiger partial charge is 0.348 e. The Bertz CT molecular complexity index is 1340. The molecule has 3 aromatic rings. The molecule has 2 N–H and O–H groups in total. The van der Waals surface area contributed by atoms with Crippen molar-refractivity contribution >= 4 is 40.4 Å². The van der Waals surface area contributed by atoms with Gasteiger partial charge in [0, 0.05) is 35.8 Å². The minimum Gasteiger partial charge on any atom is -0.348 e. The molecule has 0 saturated carbocycles. The van der Waals surface area contributed by atoms with Gasteiger partial charge < -0.3 is 10.6 Å². The summed E-state index contributed by atoms with van der Waals surface area (Å²) in [6, 6.07) is 11.7. The third-order valence-electron chi connectivity index (χ3n) is 6.47. The minimum atomic E-state index is -0.265. The molecule has 0 spiro atoms. The van der Waals surface area contributed by atoms with E-state index < -0.39 is 0 Å². The van der Waals surface area contributed by atoms with Gasteiger partial charge in [-0.1, -0.05) is 36.4 Å². The molecule has 9 heteroatoms. The summed E-state index contributed by atoms with van der Waals surface area (Å²) in [6.07, 6.45) is 1.47. The van der Waals surface area contributed by atoms with Crippen LogP contribution in [0.2, 0.25) is 0 Å². The summed E-state index contributed by atoms with van der Waals surface area (Å²) in [5.74, 6) is -0.834. The molecule has 8 nitrogen and oxygen atoms in total. The number of aromatic nitrogens is 1. The predicted octanol–water partition coefficient (Wildman–Crippen LogP) is 3.06. The van der Waals surface area contributed by atoms with Crippen molar-refractivity contribution in [3.8, 4) is 0 Å². The van der Waals surface area contributed by atoms with Gasteiger partial charge in [-0.2, -0.15) is 0 Å². The molecule has 0 atom stereocenters. The average molecular weight is 489 g/mol. The van der Waals surface area contributed by atoms with Gasteiger partial charge in [-0.05, 0) is 25.8 Å². The SMILES string of the molecule is Cc1ncsc1C(=O)NC1CCN(CC(=O)Nc2cccc3c2C(=O)c2ccccc2C3=O)CC1. The van der Waals surface area contributed by atoms with Gasteiger partial charge in [0.1, 0.15) is 4.88 Å². The Morgan fingerprint density at radius 1 is 1.00 bits per heavy atom. The van der Waals surface area contributed by atoms with Crippen LogP contribution in [0.4, 0.5) is 5.69 Å². The lowest BCUT2D eigenvalue weighted by molar-refractivity contribution is -0.117. The average Bonchev–Trinajstić information content (AvgIpc) is 3.29. The van der Waals surface area contributed by atoms with Gasteiger partial charge in [-0.25, -0.2) is 4.98 Å². The lowest BCUT2D eigenvalue weighted by Crippen LogP contribution is -2.46. The topological polar surface area (TPSA) is 108 Å². The van der Waals surface area contributed by atoms with Gasteiger partial charge in [-0.15, -0.1) is 11.3 Å². The molecule has 2 heterocycles. The number of nitrogens with one attached hydrogen (secondary N) is 2. The molecule has 0 bridgehead atoms. The van der Waals surface area contributed by atoms with E-state index in [1.165, 1.54) is 11.3 Å². The van der Waals surface area contributed by atoms with Crippen molar-refractivity contribution in [2.24, 2.45) is 0 Å². The number of aryl methyl sites for hydroxylation is 1. The monoisotopic (exact) mass is 488 g/mol. The lowest BCUT2D eigenvalue weighted by atomic mass is 9.83. The van der Waals surface area contributed by atoms with Crippen molar-refractivity contribution in [3.63, 3.8) is 0 Å². The van der Waals surface area contributed by atoms with E-state index >= 15 is 0 Å². The molecule has 35 heavy (non-hydrogen) atoms. The number of rotatable bonds is 5. The second kappa shape index (κ2) is 9.52. The van der Waals surface area contributed by atoms with E-state index in [4.69, 9.17) is 0 Å². The molecular weight excluding hydrogens is 464 g/mol. The molecule has 2 aliphatic rings. The van der Waals surface area contributed by atoms with E-state index in [9.17, 15) is 19.2 Å². The van der Waals surface area contributed by atoms with Crippen LogP contribution in [0.1, 0.15) is 60.1 Å². The number of likely N-dealkylation sites (tertiary alicyclic amines) is 1. The molecule has 2 aromatic carbocycles. The van der Waals surface area contributed by atoms with Crippen LogP contribution in [0, 0.1) is 6.92 Å². The number of amides is 2. The maximum atomic E-state index is 13.1. The molecule has 0 radical (unpaired) electrons. The van der Waals surface area contributed by atoms with Gasteiger partial charge in [0.15, 0.2) is 11.6 Å². The van der Waals surface area contributed by atoms with E-state index in [0.29, 0.717) is 40.3 Å². The van der Waals surface area contributed by atoms with Gasteiger partial charge in [0.25, 0.3) is 5.91 Å². The summed E-state index contributed by atoms with van der Waals surface area (Å²) in [6.45, 7) is 3.31. The van der Waals surface area contributed by atoms with Crippen molar-refractivity contribution in [1.29, 1.82) is 0 Å². The van der Waals surface area contributed by atoms with Gasteiger partial charge in [-0.3, -0.25) is 24.1 Å². The van der Waals surface area contributed by atoms with Crippen LogP contribution in [0.3, 0.4) is 0 Å². The molecule has 2 amide bonds. The fraction of sp³-hybridized carbons (Fsp3) is 0.269. The van der Waals surface area contributed by atoms with E-state index in [0.717, 1.165) is 18.5 Å². The maximum Gasteiger partial charge on any atom is 0.263 e. The summed E-state index contributed by atoms with van der Waals surface area (Å²) in [4.78, 5) is 58.1. The first-order valence-corrected chi connectivity index (χ1v) is 12.3. The summed E-state index contributed by atoms with van der Waals surface area (Å²) < 4.78 is 0. The number of benzene rings is 2. The fourth-order valence-corrected chi connectivity index (χ4v) is 5.35. The number of ketones is 2. The number of carbonyl (C=O) groups excluding carboxylic acids is 4. The van der Waals surface area contributed by atoms with Crippen LogP contribution in [0.5, 0.6) is 0 Å². The highest BCUT2D eigenvalue weighted by Gasteiger charge is 2.32. The Hall–Kier alpha value is -3.69. The molecular formula is C26H24N4O4S. The number of nitrogens with zero attached hydrogens (tertiary/aromatic N) is 2. The Labute approximate surface area is 206 Å². The van der Waals surface area contributed by atoms with Crippen LogP contribution in [0.25, 0.3) is 0 Å². The quantitative estimate of drug-likeness (QED) is 0.447. The first kappa shape index (κ1) is 23.1. The van der Waals surface area contributed by atoms with Crippen LogP contribution in [0.15, 0.2) is 48.0 Å². The van der Waals surface area contributed by atoms with Crippen molar-refractivity contribution in [3.05, 3.63) is 80.8 Å². The van der Waals surface area contributed by atoms with E-state index in [2.05, 4.69) is 15.6 Å². The third kappa shape index (κ3) is 4.52. The van der Waals surface area contributed by atoms with Crippen molar-refractivity contribution in [2.45, 2.75) is 25.8 Å². The standard InChI is InChI=1S/C26H24N4O4S/c1-15-25(35-14-27-15)26(34)28-16-9-11-30(12-10-16)13-21(31)29-20-8-4-7-19-22(20)24(33)18-6-3-2-5-17(18)23(19)32/h2-8,14,16H,9-13H2,1H3,(H,28,34)(H,29,31). The number of thiazole rings is 1. The smallest absolute Gasteiger partial charge is 0.263 e. The molecule has 0 unspecified atom stereocenters. The Morgan fingerprint density at radius 2 is 1.69 bits per heavy atom. The molecule has 1 aliphatic carbocycles. The van der Waals surface area contributed by atoms with E-state index in [1.54, 1.807) is 48.0 Å². The third-order valence-corrected chi connectivity index (χ3v) is 7.40. The summed E-state index contributed by atoms with van der Waals surface area (Å²) in [5, 5.41) is 5.90. The number of hydrogen-bond acceptors (Lipinski definition) is 7. The predicted molar refractivity (Wildman–Crippen MR) is 132 cm³/mol. The minimum absolute atomic E-state index is 0.0492. The molecule has 1 fully saturated rings. The zero-order chi connectivity index (χ0) is 24.5. The van der Waals surface area contributed by atoms with E-state index in [-0.39, 0.29) is 41.5 Å². The fourth-order valence-electron chi connectivity index (χ4n) is 4.65. The Morgan fingerprint density at radius 3 is 2.37 bits per heavy atom. The zero-order valence-electron chi connectivity index (χ0n) is 19.2. The summed E-state index contributed by atoms with van der Waals surface area (Å²) in [5.41, 5.74) is 4.02. The molecule has 178 valence electrons. The first-order chi connectivity index (χ1) is 16.9. The Balaban J connectivity index is 1.20. The number of anilines is 1. The second-order valence-corrected chi connectivity index (χ2v) is 9.63. The summed E-state index contributed by atoms with van der Waals surface area (Å²) >= 11 is 1.33. The number of hydrogen-bond donors (Lipinski definition) is 2. The Kier molecular flexibility index (Phi) is 6.27. The van der Waals surface area contributed by atoms with Gasteiger partial charge >= 0.3 is 0 Å². The maximum absolute atomic E-state index is 13.1. The van der Waals surface area contributed by atoms with Crippen LogP contribution in [-0.2, 0) is 4.79 Å². The summed E-state index contributed by atoms with van der Waals surface area (Å²) in [7, 11) is 0. The molecule has 1 aromatic heterocycles. The number of piperidine rings is 1. The van der Waals surface area contributed by atoms with Crippen molar-refractivity contribution in [2.75, 3.05) is 25.0 Å². The van der Waals surface area contributed by atoms with E-state index in [1.807, 2.05) is 11.8 Å².